The number of fused-ring (bicyclic) bond motifs is 1. The zero-order chi connectivity index (χ0) is 27.2. The van der Waals surface area contributed by atoms with Crippen LogP contribution in [-0.4, -0.2) is 51.4 Å². The zero-order valence-corrected chi connectivity index (χ0v) is 21.3. The summed E-state index contributed by atoms with van der Waals surface area (Å²) in [6, 6.07) is 0. The van der Waals surface area contributed by atoms with Crippen LogP contribution in [-0.2, 0) is 23.9 Å². The molecule has 1 aliphatic heterocycles. The van der Waals surface area contributed by atoms with Gasteiger partial charge in [-0.2, -0.15) is 0 Å². The van der Waals surface area contributed by atoms with E-state index in [1.54, 1.807) is 13.0 Å². The smallest absolute Gasteiger partial charge is 0.251 e. The van der Waals surface area contributed by atoms with E-state index in [1.807, 2.05) is 13.0 Å². The summed E-state index contributed by atoms with van der Waals surface area (Å²) in [6.45, 7) is 5.84. The molecule has 9 nitrogen and oxygen atoms in total. The number of rotatable bonds is 11. The molecule has 2 aliphatic carbocycles. The monoisotopic (exact) mass is 510 g/mol. The molecule has 4 unspecified atom stereocenters. The molecule has 9 heteroatoms. The van der Waals surface area contributed by atoms with Crippen molar-refractivity contribution in [2.75, 3.05) is 0 Å². The number of ketones is 2. The Hall–Kier alpha value is -3.56. The van der Waals surface area contributed by atoms with Crippen LogP contribution in [0.25, 0.3) is 0 Å². The minimum absolute atomic E-state index is 0.00979. The highest BCUT2D eigenvalue weighted by atomic mass is 16.6. The number of allylic oxidation sites excluding steroid dienone is 7. The van der Waals surface area contributed by atoms with Crippen molar-refractivity contribution < 1.29 is 34.1 Å². The van der Waals surface area contributed by atoms with E-state index in [4.69, 9.17) is 4.74 Å². The number of aliphatic hydroxyl groups excluding tert-OH is 1. The first-order valence-corrected chi connectivity index (χ1v) is 12.5. The van der Waals surface area contributed by atoms with Crippen molar-refractivity contribution in [3.8, 4) is 0 Å². The highest BCUT2D eigenvalue weighted by Crippen LogP contribution is 2.40. The van der Waals surface area contributed by atoms with E-state index in [1.165, 1.54) is 36.5 Å². The lowest BCUT2D eigenvalue weighted by Gasteiger charge is -2.23. The van der Waals surface area contributed by atoms with Gasteiger partial charge in [0.15, 0.2) is 11.9 Å². The van der Waals surface area contributed by atoms with Crippen LogP contribution < -0.4 is 10.6 Å². The first-order valence-electron chi connectivity index (χ1n) is 12.5. The highest BCUT2D eigenvalue weighted by molar-refractivity contribution is 6.07. The Morgan fingerprint density at radius 1 is 1.19 bits per heavy atom. The Morgan fingerprint density at radius 3 is 2.59 bits per heavy atom. The summed E-state index contributed by atoms with van der Waals surface area (Å²) in [5.41, 5.74) is -1.17. The van der Waals surface area contributed by atoms with Crippen LogP contribution in [0.5, 0.6) is 0 Å². The molecule has 0 spiro atoms. The third-order valence-electron chi connectivity index (χ3n) is 6.35. The topological polar surface area (TPSA) is 145 Å². The largest absolute Gasteiger partial charge is 0.510 e. The van der Waals surface area contributed by atoms with Gasteiger partial charge in [-0.15, -0.1) is 0 Å². The van der Waals surface area contributed by atoms with Crippen molar-refractivity contribution in [3.63, 3.8) is 0 Å². The minimum atomic E-state index is -1.59. The van der Waals surface area contributed by atoms with Gasteiger partial charge in [0.25, 0.3) is 5.91 Å². The second-order valence-electron chi connectivity index (χ2n) is 9.55. The van der Waals surface area contributed by atoms with E-state index in [0.717, 1.165) is 19.3 Å². The van der Waals surface area contributed by atoms with Crippen LogP contribution in [0, 0.1) is 5.92 Å². The number of epoxide rings is 1. The van der Waals surface area contributed by atoms with Crippen molar-refractivity contribution in [2.45, 2.75) is 70.7 Å². The number of hydrogen-bond acceptors (Lipinski definition) is 7. The summed E-state index contributed by atoms with van der Waals surface area (Å²) in [4.78, 5) is 48.7. The number of Topliss-reactive ketones (excluding diaryl/α,β-unsaturated/α-hetero) is 2. The van der Waals surface area contributed by atoms with E-state index in [-0.39, 0.29) is 47.5 Å². The van der Waals surface area contributed by atoms with Crippen LogP contribution in [0.15, 0.2) is 71.3 Å². The molecule has 0 aromatic heterocycles. The van der Waals surface area contributed by atoms with E-state index in [9.17, 15) is 29.4 Å². The van der Waals surface area contributed by atoms with Gasteiger partial charge in [0.1, 0.15) is 23.2 Å². The maximum atomic E-state index is 12.6. The number of hydrogen-bond donors (Lipinski definition) is 4. The van der Waals surface area contributed by atoms with Crippen molar-refractivity contribution >= 4 is 23.4 Å². The maximum Gasteiger partial charge on any atom is 0.251 e. The average molecular weight is 511 g/mol. The first kappa shape index (κ1) is 28.0. The standard InChI is InChI=1S/C28H34N2O7/c1-4-5-10-17(2)15-18(3)27(35)29-19-16-28(36,26-25(37-26)24(19)34)14-9-7-6-8-11-22(33)30-23-20(31)12-13-21(23)32/h6-9,11,14-17,25-26,31,36H,4-5,10,12-13H2,1-3H3,(H,29,35)(H,30,33)/b7-6+,11-8+,14-9+,18-15+. The molecule has 1 fully saturated rings. The molecule has 3 aliphatic rings. The Labute approximate surface area is 216 Å². The molecule has 37 heavy (non-hydrogen) atoms. The Kier molecular flexibility index (Phi) is 9.18. The van der Waals surface area contributed by atoms with E-state index < -0.39 is 29.6 Å². The molecule has 1 saturated heterocycles. The fourth-order valence-electron chi connectivity index (χ4n) is 4.21. The van der Waals surface area contributed by atoms with E-state index in [2.05, 4.69) is 17.6 Å². The molecular weight excluding hydrogens is 476 g/mol. The number of unbranched alkanes of at least 4 members (excludes halogenated alkanes) is 1. The fourth-order valence-corrected chi connectivity index (χ4v) is 4.21. The van der Waals surface area contributed by atoms with Crippen LogP contribution in [0.2, 0.25) is 0 Å². The van der Waals surface area contributed by atoms with Crippen LogP contribution >= 0.6 is 0 Å². The SMILES string of the molecule is CCCCC(C)/C=C(\C)C(=O)NC1=CC(O)(/C=C/C=C/C=C/C(=O)NC2=C(O)CCC2=O)C2OC2C1=O. The van der Waals surface area contributed by atoms with E-state index in [0.29, 0.717) is 5.57 Å². The number of amides is 2. The van der Waals surface area contributed by atoms with Gasteiger partial charge in [-0.05, 0) is 31.4 Å². The molecule has 0 aromatic carbocycles. The summed E-state index contributed by atoms with van der Waals surface area (Å²) >= 11 is 0. The molecule has 0 bridgehead atoms. The van der Waals surface area contributed by atoms with Crippen molar-refractivity contribution in [1.82, 2.24) is 10.6 Å². The van der Waals surface area contributed by atoms with Gasteiger partial charge in [0.05, 0.1) is 5.70 Å². The van der Waals surface area contributed by atoms with Crippen LogP contribution in [0.4, 0.5) is 0 Å². The number of carbonyl (C=O) groups is 4. The molecule has 0 saturated carbocycles. The summed E-state index contributed by atoms with van der Waals surface area (Å²) in [5.74, 6) is -1.54. The lowest BCUT2D eigenvalue weighted by atomic mass is 9.88. The van der Waals surface area contributed by atoms with Gasteiger partial charge in [-0.25, -0.2) is 0 Å². The number of carbonyl (C=O) groups excluding carboxylic acids is 4. The van der Waals surface area contributed by atoms with Gasteiger partial charge in [0.2, 0.25) is 11.7 Å². The lowest BCUT2D eigenvalue weighted by molar-refractivity contribution is -0.121. The highest BCUT2D eigenvalue weighted by Gasteiger charge is 2.59. The second-order valence-corrected chi connectivity index (χ2v) is 9.55. The molecule has 0 radical (unpaired) electrons. The van der Waals surface area contributed by atoms with Gasteiger partial charge >= 0.3 is 0 Å². The molecule has 4 atom stereocenters. The molecule has 4 N–H and O–H groups in total. The third kappa shape index (κ3) is 7.24. The summed E-state index contributed by atoms with van der Waals surface area (Å²) < 4.78 is 5.37. The minimum Gasteiger partial charge on any atom is -0.510 e. The second kappa shape index (κ2) is 12.1. The summed E-state index contributed by atoms with van der Waals surface area (Å²) in [6.07, 6.45) is 13.8. The molecule has 2 amide bonds. The summed E-state index contributed by atoms with van der Waals surface area (Å²) in [5, 5.41) is 25.6. The molecular formula is C28H34N2O7. The van der Waals surface area contributed by atoms with Crippen LogP contribution in [0.1, 0.15) is 52.9 Å². The van der Waals surface area contributed by atoms with Crippen LogP contribution in [0.3, 0.4) is 0 Å². The van der Waals surface area contributed by atoms with Crippen molar-refractivity contribution in [2.24, 2.45) is 5.92 Å². The average Bonchev–Trinajstić information content (AvgIpc) is 3.61. The Morgan fingerprint density at radius 2 is 1.92 bits per heavy atom. The Balaban J connectivity index is 1.59. The predicted octanol–water partition coefficient (Wildman–Crippen LogP) is 2.76. The molecule has 198 valence electrons. The third-order valence-corrected chi connectivity index (χ3v) is 6.35. The molecule has 3 rings (SSSR count). The fraction of sp³-hybridized carbons (Fsp3) is 0.429. The van der Waals surface area contributed by atoms with E-state index >= 15 is 0 Å². The lowest BCUT2D eigenvalue weighted by Crippen LogP contribution is -2.42. The van der Waals surface area contributed by atoms with Gasteiger partial charge in [0, 0.05) is 24.5 Å². The maximum absolute atomic E-state index is 12.6. The van der Waals surface area contributed by atoms with Crippen molar-refractivity contribution in [1.29, 1.82) is 0 Å². The van der Waals surface area contributed by atoms with Gasteiger partial charge in [-0.3, -0.25) is 19.2 Å². The first-order chi connectivity index (χ1) is 17.6. The summed E-state index contributed by atoms with van der Waals surface area (Å²) in [7, 11) is 0. The normalized spacial score (nSPS) is 26.7. The van der Waals surface area contributed by atoms with Gasteiger partial charge < -0.3 is 25.6 Å². The number of ether oxygens (including phenoxy) is 1. The number of aliphatic hydroxyl groups is 2. The zero-order valence-electron chi connectivity index (χ0n) is 21.3. The quantitative estimate of drug-likeness (QED) is 0.190. The molecule has 1 heterocycles. The molecule has 0 aromatic rings. The van der Waals surface area contributed by atoms with Gasteiger partial charge in [-0.1, -0.05) is 57.1 Å². The number of nitrogens with one attached hydrogen (secondary N) is 2. The van der Waals surface area contributed by atoms with Crippen molar-refractivity contribution in [3.05, 3.63) is 71.3 Å². The Bertz CT molecular complexity index is 1140. The predicted molar refractivity (Wildman–Crippen MR) is 137 cm³/mol.